The minimum absolute atomic E-state index is 2.26. The van der Waals surface area contributed by atoms with E-state index in [0.29, 0.717) is 0 Å². The minimum Gasteiger partial charge on any atom is -0.350 e. The molecule has 0 amide bonds. The minimum atomic E-state index is -4.39. The van der Waals surface area contributed by atoms with Crippen LogP contribution in [-0.2, 0) is 0 Å². The van der Waals surface area contributed by atoms with Crippen LogP contribution >= 0.6 is 0 Å². The predicted molar refractivity (Wildman–Crippen MR) is 126 cm³/mol. The van der Waals surface area contributed by atoms with Gasteiger partial charge in [0.05, 0.1) is 0 Å². The van der Waals surface area contributed by atoms with Crippen molar-refractivity contribution in [3.63, 3.8) is 0 Å². The molecule has 0 aromatic carbocycles. The maximum absolute atomic E-state index is 13.7. The second-order valence-corrected chi connectivity index (χ2v) is 7.56. The molecule has 36 heavy (non-hydrogen) atoms. The third-order valence-electron chi connectivity index (χ3n) is 4.94. The van der Waals surface area contributed by atoms with Gasteiger partial charge in [0.1, 0.15) is 0 Å². The molecule has 0 saturated heterocycles. The average Bonchev–Trinajstić information content (AvgIpc) is 2.89. The van der Waals surface area contributed by atoms with Gasteiger partial charge in [-0.05, 0) is 0 Å². The second kappa shape index (κ2) is 16.1. The summed E-state index contributed by atoms with van der Waals surface area (Å²) in [7, 11) is -4.52. The van der Waals surface area contributed by atoms with Gasteiger partial charge in [-0.2, -0.15) is 0 Å². The van der Waals surface area contributed by atoms with Gasteiger partial charge in [0.25, 0.3) is 0 Å². The number of hydrogen-bond acceptors (Lipinski definition) is 0. The molecule has 0 atom stereocenters. The summed E-state index contributed by atoms with van der Waals surface area (Å²) in [6.07, 6.45) is 0. The van der Waals surface area contributed by atoms with Gasteiger partial charge in [-0.15, -0.1) is 0 Å². The van der Waals surface area contributed by atoms with E-state index in [0.717, 1.165) is 0 Å². The SMILES string of the molecule is FBB(F)B(F)B(F)B(F)B(F)B(F)B(F)B(F)B(F)B(F)B(F)B(F)B(F)B(F)B(F)B(F)BF. The van der Waals surface area contributed by atoms with Gasteiger partial charge in [-0.1, -0.05) is 0 Å². The largest absolute Gasteiger partial charge is 0.352 e. The molecule has 0 heterocycles. The van der Waals surface area contributed by atoms with Crippen LogP contribution in [0, 0.1) is 0 Å². The van der Waals surface area contributed by atoms with Crippen LogP contribution in [0.4, 0.5) is 77.7 Å². The van der Waals surface area contributed by atoms with Crippen molar-refractivity contribution in [2.75, 3.05) is 0 Å². The summed E-state index contributed by atoms with van der Waals surface area (Å²) in [5.74, 6) is 0. The van der Waals surface area contributed by atoms with Gasteiger partial charge in [0.2, 0.25) is 0 Å². The molecule has 0 aliphatic rings. The van der Waals surface area contributed by atoms with Crippen LogP contribution in [0.1, 0.15) is 0 Å². The third-order valence-corrected chi connectivity index (χ3v) is 4.94. The number of halogens is 18. The lowest BCUT2D eigenvalue weighted by Gasteiger charge is -2.17. The Labute approximate surface area is 201 Å². The normalized spacial score (nSPS) is 9.94. The maximum Gasteiger partial charge on any atom is 0.352 e. The lowest BCUT2D eigenvalue weighted by atomic mass is 8.74. The zero-order valence-electron chi connectivity index (χ0n) is 17.5. The van der Waals surface area contributed by atoms with Crippen LogP contribution in [0.2, 0.25) is 0 Å². The fourth-order valence-corrected chi connectivity index (χ4v) is 2.68. The van der Waals surface area contributed by atoms with E-state index < -0.39 is 123 Å². The first-order valence-corrected chi connectivity index (χ1v) is 9.84. The number of rotatable bonds is 17. The Kier molecular flexibility index (Phi) is 16.1. The van der Waals surface area contributed by atoms with Crippen molar-refractivity contribution in [1.29, 1.82) is 0 Å². The van der Waals surface area contributed by atoms with Gasteiger partial charge in [-0.3, -0.25) is 0 Å². The Morgan fingerprint density at radius 1 is 0.222 bits per heavy atom. The van der Waals surface area contributed by atoms with E-state index in [-0.39, 0.29) is 0 Å². The monoisotopic (exact) mass is 542 g/mol. The molecule has 182 valence electrons. The van der Waals surface area contributed by atoms with Crippen LogP contribution in [0.25, 0.3) is 0 Å². The van der Waals surface area contributed by atoms with Crippen molar-refractivity contribution in [3.8, 4) is 0 Å². The van der Waals surface area contributed by atoms with Crippen molar-refractivity contribution in [3.05, 3.63) is 0 Å². The summed E-state index contributed by atoms with van der Waals surface area (Å²) < 4.78 is 238. The second-order valence-electron chi connectivity index (χ2n) is 7.56. The van der Waals surface area contributed by atoms with E-state index in [1.165, 1.54) is 0 Å². The van der Waals surface area contributed by atoms with Crippen molar-refractivity contribution < 1.29 is 77.7 Å². The van der Waals surface area contributed by atoms with E-state index in [2.05, 4.69) is 0 Å². The molecule has 36 heteroatoms. The van der Waals surface area contributed by atoms with Crippen molar-refractivity contribution in [2.45, 2.75) is 0 Å². The van der Waals surface area contributed by atoms with E-state index in [1.807, 2.05) is 0 Å². The first-order chi connectivity index (χ1) is 16.5. The Bertz CT molecular complexity index is 550. The van der Waals surface area contributed by atoms with Crippen molar-refractivity contribution in [2.24, 2.45) is 0 Å². The van der Waals surface area contributed by atoms with Gasteiger partial charge in [0, 0.05) is 0 Å². The van der Waals surface area contributed by atoms with E-state index in [9.17, 15) is 77.7 Å². The highest BCUT2D eigenvalue weighted by atomic mass is 19.2. The van der Waals surface area contributed by atoms with Crippen molar-refractivity contribution in [1.82, 2.24) is 0 Å². The topological polar surface area (TPSA) is 0 Å². The van der Waals surface area contributed by atoms with Crippen LogP contribution in [-0.4, -0.2) is 123 Å². The third kappa shape index (κ3) is 8.99. The zero-order chi connectivity index (χ0) is 28.7. The highest BCUT2D eigenvalue weighted by molar-refractivity contribution is 7.89. The summed E-state index contributed by atoms with van der Waals surface area (Å²) in [6.45, 7) is -65.3. The lowest BCUT2D eigenvalue weighted by Crippen LogP contribution is -2.68. The van der Waals surface area contributed by atoms with E-state index >= 15 is 0 Å². The predicted octanol–water partition coefficient (Wildman–Crippen LogP) is 0.174. The van der Waals surface area contributed by atoms with Gasteiger partial charge in [-0.25, -0.2) is 0 Å². The molecule has 0 rings (SSSR count). The van der Waals surface area contributed by atoms with Gasteiger partial charge < -0.3 is 77.7 Å². The van der Waals surface area contributed by atoms with Crippen LogP contribution in [0.15, 0.2) is 0 Å². The summed E-state index contributed by atoms with van der Waals surface area (Å²) in [4.78, 5) is 0. The van der Waals surface area contributed by atoms with E-state index in [4.69, 9.17) is 0 Å². The summed E-state index contributed by atoms with van der Waals surface area (Å²) in [5, 5.41) is 0. The Hall–Kier alpha value is -0.0912. The zero-order valence-corrected chi connectivity index (χ0v) is 17.5. The maximum atomic E-state index is 13.7. The molecule has 0 bridgehead atoms. The quantitative estimate of drug-likeness (QED) is 0.183. The Morgan fingerprint density at radius 2 is 0.333 bits per heavy atom. The van der Waals surface area contributed by atoms with Crippen LogP contribution in [0.5, 0.6) is 0 Å². The molecule has 0 aromatic rings. The fraction of sp³-hybridized carbons (Fsp3) is 0. The highest BCUT2D eigenvalue weighted by Crippen LogP contribution is 2.19. The molecule has 0 unspecified atom stereocenters. The van der Waals surface area contributed by atoms with Crippen LogP contribution in [0.3, 0.4) is 0 Å². The lowest BCUT2D eigenvalue weighted by molar-refractivity contribution is 0.775. The molecular weight excluding hydrogens is 537 g/mol. The Balaban J connectivity index is 5.31. The Morgan fingerprint density at radius 3 is 0.444 bits per heavy atom. The van der Waals surface area contributed by atoms with Gasteiger partial charge in [0.15, 0.2) is 0 Å². The molecular formula is H2B18F18. The van der Waals surface area contributed by atoms with Crippen molar-refractivity contribution >= 4 is 123 Å². The molecule has 0 aliphatic carbocycles. The molecule has 0 saturated carbocycles. The molecule has 0 N–H and O–H groups in total. The molecule has 0 radical (unpaired) electrons. The highest BCUT2D eigenvalue weighted by Gasteiger charge is 2.68. The summed E-state index contributed by atoms with van der Waals surface area (Å²) >= 11 is 0. The molecule has 0 aromatic heterocycles. The molecule has 0 fully saturated rings. The summed E-state index contributed by atoms with van der Waals surface area (Å²) in [5.41, 5.74) is 0. The van der Waals surface area contributed by atoms with Crippen LogP contribution < -0.4 is 0 Å². The standard InChI is InChI=1S/B18F18H2/c19-1-3(21)5(23)7(25)9(27)11(29)13(31)15(33)17(35)18(36)16(34)14(32)12(30)10(28)8(26)6(24)4(22)2-20/h1-2H. The number of hydrogen-bond donors (Lipinski definition) is 0. The average molecular weight is 539 g/mol. The fourth-order valence-electron chi connectivity index (χ4n) is 2.68. The molecule has 0 aliphatic heterocycles. The van der Waals surface area contributed by atoms with Gasteiger partial charge >= 0.3 is 123 Å². The first kappa shape index (κ1) is 35.9. The summed E-state index contributed by atoms with van der Waals surface area (Å²) in [6, 6.07) is 0. The molecule has 0 spiro atoms. The van der Waals surface area contributed by atoms with E-state index in [1.54, 1.807) is 0 Å². The smallest absolute Gasteiger partial charge is 0.350 e. The molecule has 0 nitrogen and oxygen atoms in total. The first-order valence-electron chi connectivity index (χ1n) is 9.84.